The van der Waals surface area contributed by atoms with Gasteiger partial charge in [-0.3, -0.25) is 0 Å². The van der Waals surface area contributed by atoms with E-state index < -0.39 is 0 Å². The van der Waals surface area contributed by atoms with E-state index in [1.54, 1.807) is 12.1 Å². The third-order valence-corrected chi connectivity index (χ3v) is 3.42. The first-order valence-corrected chi connectivity index (χ1v) is 6.37. The van der Waals surface area contributed by atoms with Crippen LogP contribution in [0.15, 0.2) is 34.8 Å². The molecule has 0 aliphatic heterocycles. The third-order valence-electron chi connectivity index (χ3n) is 2.80. The number of rotatable bonds is 3. The summed E-state index contributed by atoms with van der Waals surface area (Å²) < 4.78 is 5.80. The average molecular weight is 325 g/mol. The summed E-state index contributed by atoms with van der Waals surface area (Å²) in [6.45, 7) is 0. The fourth-order valence-electron chi connectivity index (χ4n) is 1.79. The molecule has 4 nitrogen and oxygen atoms in total. The first-order chi connectivity index (χ1) is 9.01. The van der Waals surface area contributed by atoms with Crippen molar-refractivity contribution in [3.8, 4) is 23.0 Å². The van der Waals surface area contributed by atoms with Crippen LogP contribution >= 0.6 is 15.9 Å². The number of halogens is 1. The molecule has 2 aromatic rings. The van der Waals surface area contributed by atoms with Crippen LogP contribution in [0.4, 0.5) is 0 Å². The van der Waals surface area contributed by atoms with Gasteiger partial charge in [0, 0.05) is 18.6 Å². The number of benzene rings is 2. The minimum atomic E-state index is -0.00802. The maximum absolute atomic E-state index is 9.92. The lowest BCUT2D eigenvalue weighted by Crippen LogP contribution is -1.92. The van der Waals surface area contributed by atoms with Gasteiger partial charge in [0.05, 0.1) is 11.6 Å². The highest BCUT2D eigenvalue weighted by molar-refractivity contribution is 9.10. The molecule has 19 heavy (non-hydrogen) atoms. The minimum Gasteiger partial charge on any atom is -0.508 e. The maximum atomic E-state index is 9.92. The van der Waals surface area contributed by atoms with Gasteiger partial charge in [-0.1, -0.05) is 6.07 Å². The molecular weight excluding hydrogens is 312 g/mol. The van der Waals surface area contributed by atoms with Crippen molar-refractivity contribution in [2.45, 2.75) is 6.42 Å². The van der Waals surface area contributed by atoms with Crippen molar-refractivity contribution in [3.05, 3.63) is 45.9 Å². The molecule has 3 N–H and O–H groups in total. The summed E-state index contributed by atoms with van der Waals surface area (Å²) in [6.07, 6.45) is 0.348. The van der Waals surface area contributed by atoms with E-state index in [4.69, 9.17) is 4.74 Å². The van der Waals surface area contributed by atoms with Crippen LogP contribution in [0, 0.1) is 0 Å². The van der Waals surface area contributed by atoms with Gasteiger partial charge < -0.3 is 20.1 Å². The van der Waals surface area contributed by atoms with Gasteiger partial charge in [0.25, 0.3) is 0 Å². The van der Waals surface area contributed by atoms with Gasteiger partial charge in [-0.25, -0.2) is 0 Å². The zero-order chi connectivity index (χ0) is 14.0. The lowest BCUT2D eigenvalue weighted by atomic mass is 10.0. The number of hydrogen-bond donors (Lipinski definition) is 3. The van der Waals surface area contributed by atoms with Crippen LogP contribution in [0.5, 0.6) is 23.0 Å². The van der Waals surface area contributed by atoms with Crippen LogP contribution in [0.2, 0.25) is 0 Å². The molecule has 0 atom stereocenters. The molecule has 0 saturated heterocycles. The Morgan fingerprint density at radius 2 is 1.68 bits per heavy atom. The van der Waals surface area contributed by atoms with Gasteiger partial charge in [0.1, 0.15) is 23.0 Å². The Kier molecular flexibility index (Phi) is 3.85. The molecule has 0 radical (unpaired) electrons. The predicted molar refractivity (Wildman–Crippen MR) is 74.9 cm³/mol. The molecule has 0 bridgehead atoms. The van der Waals surface area contributed by atoms with E-state index in [9.17, 15) is 15.3 Å². The average Bonchev–Trinajstić information content (AvgIpc) is 2.36. The molecule has 0 saturated carbocycles. The first kappa shape index (κ1) is 13.5. The second-order valence-corrected chi connectivity index (χ2v) is 4.96. The Morgan fingerprint density at radius 1 is 1.00 bits per heavy atom. The second-order valence-electron chi connectivity index (χ2n) is 4.11. The van der Waals surface area contributed by atoms with Gasteiger partial charge in [0.2, 0.25) is 0 Å². The monoisotopic (exact) mass is 324 g/mol. The van der Waals surface area contributed by atoms with Crippen molar-refractivity contribution >= 4 is 15.9 Å². The minimum absolute atomic E-state index is 0.00128. The highest BCUT2D eigenvalue weighted by Gasteiger charge is 2.11. The van der Waals surface area contributed by atoms with Crippen LogP contribution in [0.25, 0.3) is 0 Å². The van der Waals surface area contributed by atoms with Crippen molar-refractivity contribution in [1.82, 2.24) is 0 Å². The number of hydrogen-bond acceptors (Lipinski definition) is 4. The highest BCUT2D eigenvalue weighted by Crippen LogP contribution is 2.34. The Balaban J connectivity index is 2.35. The number of phenols is 3. The molecular formula is C14H13BrO4. The molecule has 100 valence electrons. The molecule has 0 spiro atoms. The number of phenolic OH excluding ortho intramolecular Hbond substituents is 3. The first-order valence-electron chi connectivity index (χ1n) is 5.57. The lowest BCUT2D eigenvalue weighted by Gasteiger charge is -2.10. The van der Waals surface area contributed by atoms with E-state index in [-0.39, 0.29) is 17.2 Å². The zero-order valence-corrected chi connectivity index (χ0v) is 11.8. The highest BCUT2D eigenvalue weighted by atomic mass is 79.9. The van der Waals surface area contributed by atoms with Crippen molar-refractivity contribution in [2.75, 3.05) is 7.11 Å². The fourth-order valence-corrected chi connectivity index (χ4v) is 2.34. The van der Waals surface area contributed by atoms with Crippen LogP contribution < -0.4 is 4.74 Å². The summed E-state index contributed by atoms with van der Waals surface area (Å²) >= 11 is 3.35. The number of methoxy groups -OCH3 is 1. The molecule has 0 aliphatic rings. The van der Waals surface area contributed by atoms with Gasteiger partial charge in [-0.05, 0) is 39.2 Å². The molecule has 5 heteroatoms. The van der Waals surface area contributed by atoms with Crippen LogP contribution in [-0.2, 0) is 6.42 Å². The second kappa shape index (κ2) is 5.40. The third kappa shape index (κ3) is 2.93. The Morgan fingerprint density at radius 3 is 2.32 bits per heavy atom. The quantitative estimate of drug-likeness (QED) is 0.811. The van der Waals surface area contributed by atoms with E-state index in [0.717, 1.165) is 4.47 Å². The Hall–Kier alpha value is -1.88. The standard InChI is InChI=1S/C14H13BrO4/c1-19-14-7-13(18)9(5-11(14)15)4-8-2-3-10(16)6-12(8)17/h2-3,5-7,16-18H,4H2,1H3. The zero-order valence-electron chi connectivity index (χ0n) is 10.2. The van der Waals surface area contributed by atoms with Crippen molar-refractivity contribution in [2.24, 2.45) is 0 Å². The summed E-state index contributed by atoms with van der Waals surface area (Å²) in [5.41, 5.74) is 1.26. The molecule has 0 heterocycles. The SMILES string of the molecule is COc1cc(O)c(Cc2ccc(O)cc2O)cc1Br. The predicted octanol–water partition coefficient (Wildman–Crippen LogP) is 3.17. The fraction of sp³-hybridized carbons (Fsp3) is 0.143. The lowest BCUT2D eigenvalue weighted by molar-refractivity contribution is 0.404. The maximum Gasteiger partial charge on any atom is 0.136 e. The van der Waals surface area contributed by atoms with E-state index in [1.165, 1.54) is 25.3 Å². The summed E-state index contributed by atoms with van der Waals surface area (Å²) in [4.78, 5) is 0. The molecule has 2 aromatic carbocycles. The Bertz CT molecular complexity index is 611. The summed E-state index contributed by atoms with van der Waals surface area (Å²) in [7, 11) is 1.52. The van der Waals surface area contributed by atoms with Gasteiger partial charge in [0.15, 0.2) is 0 Å². The molecule has 0 fully saturated rings. The van der Waals surface area contributed by atoms with E-state index in [2.05, 4.69) is 15.9 Å². The summed E-state index contributed by atoms with van der Waals surface area (Å²) in [5, 5.41) is 28.9. The van der Waals surface area contributed by atoms with Crippen LogP contribution in [0.3, 0.4) is 0 Å². The van der Waals surface area contributed by atoms with E-state index >= 15 is 0 Å². The van der Waals surface area contributed by atoms with Crippen molar-refractivity contribution < 1.29 is 20.1 Å². The molecule has 0 aliphatic carbocycles. The topological polar surface area (TPSA) is 69.9 Å². The van der Waals surface area contributed by atoms with E-state index in [0.29, 0.717) is 23.3 Å². The van der Waals surface area contributed by atoms with Crippen molar-refractivity contribution in [3.63, 3.8) is 0 Å². The number of ether oxygens (including phenoxy) is 1. The van der Waals surface area contributed by atoms with Gasteiger partial charge in [-0.15, -0.1) is 0 Å². The summed E-state index contributed by atoms with van der Waals surface area (Å²) in [5.74, 6) is 0.622. The smallest absolute Gasteiger partial charge is 0.136 e. The normalized spacial score (nSPS) is 10.4. The van der Waals surface area contributed by atoms with Crippen molar-refractivity contribution in [1.29, 1.82) is 0 Å². The Labute approximate surface area is 119 Å². The molecule has 0 amide bonds. The van der Waals surface area contributed by atoms with E-state index in [1.807, 2.05) is 0 Å². The summed E-state index contributed by atoms with van der Waals surface area (Å²) in [6, 6.07) is 7.62. The molecule has 0 aromatic heterocycles. The number of aromatic hydroxyl groups is 3. The van der Waals surface area contributed by atoms with Gasteiger partial charge >= 0.3 is 0 Å². The van der Waals surface area contributed by atoms with Crippen LogP contribution in [-0.4, -0.2) is 22.4 Å². The molecule has 0 unspecified atom stereocenters. The van der Waals surface area contributed by atoms with Gasteiger partial charge in [-0.2, -0.15) is 0 Å². The van der Waals surface area contributed by atoms with Crippen LogP contribution in [0.1, 0.15) is 11.1 Å². The largest absolute Gasteiger partial charge is 0.508 e. The molecule has 2 rings (SSSR count).